The third-order valence-corrected chi connectivity index (χ3v) is 3.27. The molecule has 1 aromatic carbocycles. The molecule has 2 rings (SSSR count). The second kappa shape index (κ2) is 4.27. The van der Waals surface area contributed by atoms with Crippen molar-refractivity contribution >= 4 is 0 Å². The molecule has 1 aliphatic carbocycles. The molecule has 0 spiro atoms. The predicted molar refractivity (Wildman–Crippen MR) is 55.8 cm³/mol. The summed E-state index contributed by atoms with van der Waals surface area (Å²) < 4.78 is 25.1. The third kappa shape index (κ3) is 2.02. The summed E-state index contributed by atoms with van der Waals surface area (Å²) in [4.78, 5) is 0. The number of halogens is 2. The number of nitrogens with two attached hydrogens (primary N) is 1. The van der Waals surface area contributed by atoms with Gasteiger partial charge in [0.2, 0.25) is 6.43 Å². The lowest BCUT2D eigenvalue weighted by atomic mass is 9.70. The summed E-state index contributed by atoms with van der Waals surface area (Å²) >= 11 is 0. The maximum absolute atomic E-state index is 12.6. The first kappa shape index (κ1) is 10.6. The van der Waals surface area contributed by atoms with E-state index in [9.17, 15) is 8.78 Å². The van der Waals surface area contributed by atoms with Crippen LogP contribution in [0.4, 0.5) is 8.78 Å². The number of alkyl halides is 2. The smallest absolute Gasteiger partial charge is 0.242 e. The SMILES string of the molecule is NCc1cccc(C2CCC2C(F)F)c1. The molecule has 2 unspecified atom stereocenters. The Hall–Kier alpha value is -0.960. The van der Waals surface area contributed by atoms with Crippen LogP contribution in [0.5, 0.6) is 0 Å². The van der Waals surface area contributed by atoms with Gasteiger partial charge in [-0.15, -0.1) is 0 Å². The molecule has 0 aliphatic heterocycles. The minimum absolute atomic E-state index is 0.0384. The summed E-state index contributed by atoms with van der Waals surface area (Å²) in [7, 11) is 0. The second-order valence-electron chi connectivity index (χ2n) is 4.13. The minimum Gasteiger partial charge on any atom is -0.326 e. The normalized spacial score (nSPS) is 25.3. The van der Waals surface area contributed by atoms with Gasteiger partial charge >= 0.3 is 0 Å². The first-order chi connectivity index (χ1) is 7.22. The zero-order valence-corrected chi connectivity index (χ0v) is 8.50. The average Bonchev–Trinajstić information content (AvgIpc) is 2.15. The van der Waals surface area contributed by atoms with Crippen LogP contribution in [0.3, 0.4) is 0 Å². The molecule has 0 aromatic heterocycles. The Kier molecular flexibility index (Phi) is 3.00. The van der Waals surface area contributed by atoms with Gasteiger partial charge in [0.25, 0.3) is 0 Å². The first-order valence-electron chi connectivity index (χ1n) is 5.29. The van der Waals surface area contributed by atoms with Gasteiger partial charge in [-0.1, -0.05) is 24.3 Å². The van der Waals surface area contributed by atoms with E-state index in [1.807, 2.05) is 24.3 Å². The van der Waals surface area contributed by atoms with Crippen LogP contribution in [0.15, 0.2) is 24.3 Å². The summed E-state index contributed by atoms with van der Waals surface area (Å²) in [6, 6.07) is 7.72. The Bertz CT molecular complexity index is 338. The van der Waals surface area contributed by atoms with Gasteiger partial charge in [-0.25, -0.2) is 8.78 Å². The fourth-order valence-corrected chi connectivity index (χ4v) is 2.19. The zero-order valence-electron chi connectivity index (χ0n) is 8.50. The van der Waals surface area contributed by atoms with Gasteiger partial charge in [-0.2, -0.15) is 0 Å². The molecule has 2 N–H and O–H groups in total. The highest BCUT2D eigenvalue weighted by atomic mass is 19.3. The summed E-state index contributed by atoms with van der Waals surface area (Å²) in [6.45, 7) is 0.472. The van der Waals surface area contributed by atoms with E-state index in [-0.39, 0.29) is 5.92 Å². The van der Waals surface area contributed by atoms with Gasteiger partial charge in [0.1, 0.15) is 0 Å². The Morgan fingerprint density at radius 2 is 2.13 bits per heavy atom. The largest absolute Gasteiger partial charge is 0.326 e. The van der Waals surface area contributed by atoms with Crippen LogP contribution in [0.1, 0.15) is 29.9 Å². The Morgan fingerprint density at radius 3 is 2.67 bits per heavy atom. The van der Waals surface area contributed by atoms with Crippen LogP contribution in [0, 0.1) is 5.92 Å². The topological polar surface area (TPSA) is 26.0 Å². The molecule has 15 heavy (non-hydrogen) atoms. The van der Waals surface area contributed by atoms with Crippen molar-refractivity contribution in [2.45, 2.75) is 31.7 Å². The number of hydrogen-bond acceptors (Lipinski definition) is 1. The monoisotopic (exact) mass is 211 g/mol. The minimum atomic E-state index is -2.19. The lowest BCUT2D eigenvalue weighted by Gasteiger charge is -2.36. The van der Waals surface area contributed by atoms with Crippen molar-refractivity contribution in [2.75, 3.05) is 0 Å². The van der Waals surface area contributed by atoms with Crippen LogP contribution in [0.25, 0.3) is 0 Å². The molecule has 0 bridgehead atoms. The zero-order chi connectivity index (χ0) is 10.8. The first-order valence-corrected chi connectivity index (χ1v) is 5.29. The van der Waals surface area contributed by atoms with Crippen molar-refractivity contribution < 1.29 is 8.78 Å². The summed E-state index contributed by atoms with van der Waals surface area (Å²) in [5.41, 5.74) is 7.57. The van der Waals surface area contributed by atoms with E-state index in [2.05, 4.69) is 0 Å². The van der Waals surface area contributed by atoms with Crippen molar-refractivity contribution in [3.8, 4) is 0 Å². The van der Waals surface area contributed by atoms with Crippen molar-refractivity contribution in [3.05, 3.63) is 35.4 Å². The Balaban J connectivity index is 2.15. The predicted octanol–water partition coefficient (Wildman–Crippen LogP) is 2.90. The van der Waals surface area contributed by atoms with Gasteiger partial charge in [0.05, 0.1) is 0 Å². The van der Waals surface area contributed by atoms with Crippen LogP contribution in [0.2, 0.25) is 0 Å². The lowest BCUT2D eigenvalue weighted by Crippen LogP contribution is -2.29. The van der Waals surface area contributed by atoms with Gasteiger partial charge in [0.15, 0.2) is 0 Å². The number of benzene rings is 1. The van der Waals surface area contributed by atoms with E-state index in [0.717, 1.165) is 17.5 Å². The highest BCUT2D eigenvalue weighted by Crippen LogP contribution is 2.45. The van der Waals surface area contributed by atoms with Crippen molar-refractivity contribution in [3.63, 3.8) is 0 Å². The molecular weight excluding hydrogens is 196 g/mol. The van der Waals surface area contributed by atoms with Gasteiger partial charge in [-0.05, 0) is 29.9 Å². The molecule has 0 radical (unpaired) electrons. The van der Waals surface area contributed by atoms with Gasteiger partial charge < -0.3 is 5.73 Å². The van der Waals surface area contributed by atoms with Crippen molar-refractivity contribution in [2.24, 2.45) is 11.7 Å². The van der Waals surface area contributed by atoms with E-state index < -0.39 is 12.3 Å². The molecule has 3 heteroatoms. The molecular formula is C12H15F2N. The highest BCUT2D eigenvalue weighted by molar-refractivity contribution is 5.28. The summed E-state index contributed by atoms with van der Waals surface area (Å²) in [6.07, 6.45) is -0.664. The Labute approximate surface area is 88.3 Å². The molecule has 82 valence electrons. The Morgan fingerprint density at radius 1 is 1.33 bits per heavy atom. The highest BCUT2D eigenvalue weighted by Gasteiger charge is 2.38. The maximum Gasteiger partial charge on any atom is 0.242 e. The molecule has 2 atom stereocenters. The van der Waals surface area contributed by atoms with Crippen molar-refractivity contribution in [1.29, 1.82) is 0 Å². The van der Waals surface area contributed by atoms with Crippen LogP contribution in [-0.2, 0) is 6.54 Å². The van der Waals surface area contributed by atoms with E-state index in [0.29, 0.717) is 13.0 Å². The lowest BCUT2D eigenvalue weighted by molar-refractivity contribution is 0.0168. The molecule has 0 amide bonds. The number of hydrogen-bond donors (Lipinski definition) is 1. The van der Waals surface area contributed by atoms with E-state index in [1.165, 1.54) is 0 Å². The molecule has 0 saturated heterocycles. The molecule has 1 aliphatic rings. The fourth-order valence-electron chi connectivity index (χ4n) is 2.19. The molecule has 1 aromatic rings. The quantitative estimate of drug-likeness (QED) is 0.817. The van der Waals surface area contributed by atoms with Crippen molar-refractivity contribution in [1.82, 2.24) is 0 Å². The van der Waals surface area contributed by atoms with E-state index in [4.69, 9.17) is 5.73 Å². The maximum atomic E-state index is 12.6. The third-order valence-electron chi connectivity index (χ3n) is 3.27. The van der Waals surface area contributed by atoms with E-state index in [1.54, 1.807) is 0 Å². The standard InChI is InChI=1S/C12H15F2N/c13-12(14)11-5-4-10(11)9-3-1-2-8(6-9)7-15/h1-3,6,10-12H,4-5,7,15H2. The van der Waals surface area contributed by atoms with Gasteiger partial charge in [-0.3, -0.25) is 0 Å². The van der Waals surface area contributed by atoms with Crippen LogP contribution in [-0.4, -0.2) is 6.43 Å². The fraction of sp³-hybridized carbons (Fsp3) is 0.500. The second-order valence-corrected chi connectivity index (χ2v) is 4.13. The molecule has 1 fully saturated rings. The van der Waals surface area contributed by atoms with Gasteiger partial charge in [0, 0.05) is 12.5 Å². The molecule has 0 heterocycles. The van der Waals surface area contributed by atoms with Crippen LogP contribution >= 0.6 is 0 Å². The van der Waals surface area contributed by atoms with Crippen LogP contribution < -0.4 is 5.73 Å². The number of rotatable bonds is 3. The summed E-state index contributed by atoms with van der Waals surface area (Å²) in [5.74, 6) is -0.408. The van der Waals surface area contributed by atoms with E-state index >= 15 is 0 Å². The average molecular weight is 211 g/mol. The molecule has 1 nitrogen and oxygen atoms in total. The molecule has 1 saturated carbocycles. The summed E-state index contributed by atoms with van der Waals surface area (Å²) in [5, 5.41) is 0.